The smallest absolute Gasteiger partial charge is 0.250 e. The van der Waals surface area contributed by atoms with Gasteiger partial charge in [-0.15, -0.1) is 0 Å². The van der Waals surface area contributed by atoms with Gasteiger partial charge in [0.05, 0.1) is 26.5 Å². The van der Waals surface area contributed by atoms with E-state index < -0.39 is 0 Å². The Balaban J connectivity index is 1.29. The SMILES string of the molecule is COc1cc(C=NNc2nc(Nc3ccccc3)nc(N3CCOCC3)n2)ccc1OCc1ccccc1. The second-order valence-corrected chi connectivity index (χ2v) is 8.43. The lowest BCUT2D eigenvalue weighted by Crippen LogP contribution is -2.37. The number of aromatic nitrogens is 3. The third-order valence-corrected chi connectivity index (χ3v) is 5.75. The summed E-state index contributed by atoms with van der Waals surface area (Å²) < 4.78 is 16.9. The van der Waals surface area contributed by atoms with E-state index in [1.165, 1.54) is 0 Å². The normalized spacial score (nSPS) is 13.3. The summed E-state index contributed by atoms with van der Waals surface area (Å²) in [7, 11) is 1.61. The van der Waals surface area contributed by atoms with Crippen molar-refractivity contribution in [3.05, 3.63) is 90.0 Å². The summed E-state index contributed by atoms with van der Waals surface area (Å²) in [5, 5.41) is 7.58. The quantitative estimate of drug-likeness (QED) is 0.235. The highest BCUT2D eigenvalue weighted by atomic mass is 16.5. The van der Waals surface area contributed by atoms with Crippen LogP contribution in [0.2, 0.25) is 0 Å². The van der Waals surface area contributed by atoms with Crippen molar-refractivity contribution in [2.24, 2.45) is 5.10 Å². The predicted octanol–water partition coefficient (Wildman–Crippen LogP) is 4.49. The maximum absolute atomic E-state index is 5.94. The molecular formula is C28H29N7O3. The molecule has 1 aliphatic rings. The number of benzene rings is 3. The van der Waals surface area contributed by atoms with Crippen molar-refractivity contribution in [3.8, 4) is 11.5 Å². The maximum atomic E-state index is 5.94. The van der Waals surface area contributed by atoms with Gasteiger partial charge in [-0.3, -0.25) is 0 Å². The highest BCUT2D eigenvalue weighted by Gasteiger charge is 2.17. The number of nitrogens with one attached hydrogen (secondary N) is 2. The van der Waals surface area contributed by atoms with Gasteiger partial charge >= 0.3 is 0 Å². The number of rotatable bonds is 10. The van der Waals surface area contributed by atoms with Gasteiger partial charge in [0.25, 0.3) is 0 Å². The van der Waals surface area contributed by atoms with E-state index in [1.54, 1.807) is 13.3 Å². The second kappa shape index (κ2) is 12.5. The summed E-state index contributed by atoms with van der Waals surface area (Å²) in [4.78, 5) is 15.7. The molecule has 0 spiro atoms. The Bertz CT molecular complexity index is 1350. The van der Waals surface area contributed by atoms with Crippen LogP contribution in [0.5, 0.6) is 11.5 Å². The van der Waals surface area contributed by atoms with Gasteiger partial charge in [0.1, 0.15) is 6.61 Å². The van der Waals surface area contributed by atoms with Crippen molar-refractivity contribution >= 4 is 29.7 Å². The molecule has 0 amide bonds. The molecule has 5 rings (SSSR count). The molecule has 0 saturated carbocycles. The van der Waals surface area contributed by atoms with Gasteiger partial charge in [-0.2, -0.15) is 20.1 Å². The molecule has 0 unspecified atom stereocenters. The zero-order chi connectivity index (χ0) is 26.0. The Hall–Kier alpha value is -4.70. The van der Waals surface area contributed by atoms with Crippen LogP contribution in [0.15, 0.2) is 84.0 Å². The van der Waals surface area contributed by atoms with E-state index in [0.717, 1.165) is 16.8 Å². The average molecular weight is 512 g/mol. The standard InChI is InChI=1S/C28H29N7O3/c1-36-25-18-22(12-13-24(25)38-20-21-8-4-2-5-9-21)19-29-34-27-31-26(30-23-10-6-3-7-11-23)32-28(33-27)35-14-16-37-17-15-35/h2-13,18-19H,14-17,20H2,1H3,(H2,30,31,32,33,34). The Morgan fingerprint density at radius 1 is 0.895 bits per heavy atom. The molecule has 1 saturated heterocycles. The van der Waals surface area contributed by atoms with Crippen LogP contribution in [0, 0.1) is 0 Å². The third-order valence-electron chi connectivity index (χ3n) is 5.75. The van der Waals surface area contributed by atoms with Crippen LogP contribution in [0.3, 0.4) is 0 Å². The van der Waals surface area contributed by atoms with E-state index in [2.05, 4.69) is 35.7 Å². The van der Waals surface area contributed by atoms with E-state index in [1.807, 2.05) is 78.9 Å². The Morgan fingerprint density at radius 2 is 1.63 bits per heavy atom. The van der Waals surface area contributed by atoms with Crippen LogP contribution in [0.1, 0.15) is 11.1 Å². The molecule has 2 heterocycles. The Labute approximate surface area is 221 Å². The minimum absolute atomic E-state index is 0.325. The number of morpholine rings is 1. The van der Waals surface area contributed by atoms with Crippen molar-refractivity contribution in [2.75, 3.05) is 49.1 Å². The van der Waals surface area contributed by atoms with Crippen molar-refractivity contribution in [1.29, 1.82) is 0 Å². The predicted molar refractivity (Wildman–Crippen MR) is 148 cm³/mol. The first-order valence-corrected chi connectivity index (χ1v) is 12.3. The molecule has 2 N–H and O–H groups in total. The zero-order valence-electron chi connectivity index (χ0n) is 21.1. The molecule has 10 heteroatoms. The lowest BCUT2D eigenvalue weighted by atomic mass is 10.2. The van der Waals surface area contributed by atoms with Crippen molar-refractivity contribution < 1.29 is 14.2 Å². The van der Waals surface area contributed by atoms with Crippen LogP contribution in [-0.4, -0.2) is 54.6 Å². The van der Waals surface area contributed by atoms with Crippen LogP contribution >= 0.6 is 0 Å². The number of hydrogen-bond donors (Lipinski definition) is 2. The van der Waals surface area contributed by atoms with Crippen molar-refractivity contribution in [2.45, 2.75) is 6.61 Å². The van der Waals surface area contributed by atoms with Crippen LogP contribution in [-0.2, 0) is 11.3 Å². The number of methoxy groups -OCH3 is 1. The summed E-state index contributed by atoms with van der Waals surface area (Å²) in [6, 6.07) is 25.4. The number of ether oxygens (including phenoxy) is 3. The van der Waals surface area contributed by atoms with Crippen molar-refractivity contribution in [1.82, 2.24) is 15.0 Å². The number of hydrogen-bond acceptors (Lipinski definition) is 10. The van der Waals surface area contributed by atoms with Gasteiger partial charge in [0, 0.05) is 18.8 Å². The number of nitrogens with zero attached hydrogens (tertiary/aromatic N) is 5. The molecule has 1 aliphatic heterocycles. The Kier molecular flexibility index (Phi) is 8.22. The van der Waals surface area contributed by atoms with Gasteiger partial charge in [0.2, 0.25) is 17.8 Å². The fraction of sp³-hybridized carbons (Fsp3) is 0.214. The summed E-state index contributed by atoms with van der Waals surface area (Å²) in [6.07, 6.45) is 1.67. The van der Waals surface area contributed by atoms with E-state index in [9.17, 15) is 0 Å². The van der Waals surface area contributed by atoms with Gasteiger partial charge < -0.3 is 24.4 Å². The molecule has 0 atom stereocenters. The molecule has 1 aromatic heterocycles. The molecular weight excluding hydrogens is 482 g/mol. The summed E-state index contributed by atoms with van der Waals surface area (Å²) in [6.45, 7) is 3.12. The van der Waals surface area contributed by atoms with Crippen LogP contribution in [0.25, 0.3) is 0 Å². The molecule has 0 bridgehead atoms. The number of anilines is 4. The van der Waals surface area contributed by atoms with E-state index in [4.69, 9.17) is 14.2 Å². The first-order chi connectivity index (χ1) is 18.8. The van der Waals surface area contributed by atoms with Gasteiger partial charge in [-0.25, -0.2) is 5.43 Å². The lowest BCUT2D eigenvalue weighted by molar-refractivity contribution is 0.122. The number of para-hydroxylation sites is 1. The Morgan fingerprint density at radius 3 is 2.39 bits per heavy atom. The van der Waals surface area contributed by atoms with E-state index in [-0.39, 0.29) is 0 Å². The third kappa shape index (κ3) is 6.74. The highest BCUT2D eigenvalue weighted by molar-refractivity contribution is 5.81. The molecule has 3 aromatic carbocycles. The molecule has 38 heavy (non-hydrogen) atoms. The van der Waals surface area contributed by atoms with Gasteiger partial charge in [-0.1, -0.05) is 48.5 Å². The molecule has 1 fully saturated rings. The first-order valence-electron chi connectivity index (χ1n) is 12.3. The topological polar surface area (TPSA) is 106 Å². The molecule has 194 valence electrons. The largest absolute Gasteiger partial charge is 0.493 e. The summed E-state index contributed by atoms with van der Waals surface area (Å²) in [5.74, 6) is 2.58. The average Bonchev–Trinajstić information content (AvgIpc) is 2.98. The highest BCUT2D eigenvalue weighted by Crippen LogP contribution is 2.28. The zero-order valence-corrected chi connectivity index (χ0v) is 21.1. The second-order valence-electron chi connectivity index (χ2n) is 8.43. The fourth-order valence-electron chi connectivity index (χ4n) is 3.81. The minimum atomic E-state index is 0.325. The summed E-state index contributed by atoms with van der Waals surface area (Å²) in [5.41, 5.74) is 5.72. The maximum Gasteiger partial charge on any atom is 0.250 e. The van der Waals surface area contributed by atoms with Gasteiger partial charge in [-0.05, 0) is 41.5 Å². The fourth-order valence-corrected chi connectivity index (χ4v) is 3.81. The molecule has 0 aliphatic carbocycles. The summed E-state index contributed by atoms with van der Waals surface area (Å²) >= 11 is 0. The van der Waals surface area contributed by atoms with Crippen LogP contribution in [0.4, 0.5) is 23.5 Å². The van der Waals surface area contributed by atoms with Gasteiger partial charge in [0.15, 0.2) is 11.5 Å². The minimum Gasteiger partial charge on any atom is -0.493 e. The van der Waals surface area contributed by atoms with Crippen molar-refractivity contribution in [3.63, 3.8) is 0 Å². The molecule has 0 radical (unpaired) electrons. The molecule has 4 aromatic rings. The lowest BCUT2D eigenvalue weighted by Gasteiger charge is -2.27. The first kappa shape index (κ1) is 25.0. The monoisotopic (exact) mass is 511 g/mol. The molecule has 10 nitrogen and oxygen atoms in total. The van der Waals surface area contributed by atoms with E-state index >= 15 is 0 Å². The van der Waals surface area contributed by atoms with Crippen LogP contribution < -0.4 is 25.1 Å². The number of hydrazone groups is 1. The van der Waals surface area contributed by atoms with E-state index in [0.29, 0.717) is 62.3 Å².